The first kappa shape index (κ1) is 19.2. The maximum absolute atomic E-state index is 12.6. The monoisotopic (exact) mass is 418 g/mol. The number of carbonyl (C=O) groups is 1. The van der Waals surface area contributed by atoms with Crippen molar-refractivity contribution in [1.82, 2.24) is 29.6 Å². The van der Waals surface area contributed by atoms with Crippen molar-refractivity contribution in [3.05, 3.63) is 48.7 Å². The number of nitrogens with one attached hydrogen (secondary N) is 1. The number of pyridine rings is 2. The predicted octanol–water partition coefficient (Wildman–Crippen LogP) is 2.02. The predicted molar refractivity (Wildman–Crippen MR) is 116 cm³/mol. The molecular formula is C21H22N8O2. The molecule has 0 spiro atoms. The van der Waals surface area contributed by atoms with Crippen LogP contribution in [0.3, 0.4) is 0 Å². The summed E-state index contributed by atoms with van der Waals surface area (Å²) in [5.41, 5.74) is 2.66. The third-order valence-corrected chi connectivity index (χ3v) is 5.40. The van der Waals surface area contributed by atoms with E-state index in [1.54, 1.807) is 23.1 Å². The van der Waals surface area contributed by atoms with Crippen LogP contribution in [-0.2, 0) is 7.05 Å². The van der Waals surface area contributed by atoms with Crippen LogP contribution in [0.4, 0.5) is 11.8 Å². The Morgan fingerprint density at radius 1 is 1.23 bits per heavy atom. The summed E-state index contributed by atoms with van der Waals surface area (Å²) in [6.07, 6.45) is 6.71. The van der Waals surface area contributed by atoms with Crippen molar-refractivity contribution in [1.29, 1.82) is 0 Å². The number of aryl methyl sites for hydroxylation is 1. The summed E-state index contributed by atoms with van der Waals surface area (Å²) in [7, 11) is 5.95. The number of fused-ring (bicyclic) bond motifs is 1. The Bertz CT molecular complexity index is 1260. The fraction of sp³-hybridized carbons (Fsp3) is 0.286. The number of rotatable bonds is 5. The van der Waals surface area contributed by atoms with Crippen LogP contribution in [0, 0.1) is 0 Å². The van der Waals surface area contributed by atoms with Gasteiger partial charge in [0.05, 0.1) is 17.4 Å². The van der Waals surface area contributed by atoms with E-state index in [9.17, 15) is 4.79 Å². The van der Waals surface area contributed by atoms with Crippen molar-refractivity contribution in [2.45, 2.75) is 6.04 Å². The first-order valence-electron chi connectivity index (χ1n) is 9.90. The van der Waals surface area contributed by atoms with Gasteiger partial charge in [0, 0.05) is 55.6 Å². The van der Waals surface area contributed by atoms with Gasteiger partial charge in [-0.1, -0.05) is 0 Å². The van der Waals surface area contributed by atoms with Gasteiger partial charge in [0.2, 0.25) is 0 Å². The second-order valence-corrected chi connectivity index (χ2v) is 7.85. The van der Waals surface area contributed by atoms with Crippen LogP contribution in [-0.4, -0.2) is 68.8 Å². The number of oxazole rings is 1. The van der Waals surface area contributed by atoms with Crippen LogP contribution < -0.4 is 10.2 Å². The standard InChI is InChI=1S/C21H22N8O2/c1-27(2)15-10-29(11-15)21-25-18(12-31-21)20(30)26-19-6-17-13(7-22-19)4-5-16(24-17)14-8-23-28(3)9-14/h4-9,12,15H,10-11H2,1-3H3,(H,22,26,30). The summed E-state index contributed by atoms with van der Waals surface area (Å²) in [6, 6.07) is 6.53. The van der Waals surface area contributed by atoms with E-state index in [4.69, 9.17) is 4.42 Å². The molecule has 0 radical (unpaired) electrons. The van der Waals surface area contributed by atoms with Gasteiger partial charge in [-0.3, -0.25) is 9.48 Å². The summed E-state index contributed by atoms with van der Waals surface area (Å²) in [6.45, 7) is 1.65. The molecule has 0 aliphatic carbocycles. The molecule has 0 saturated carbocycles. The van der Waals surface area contributed by atoms with Gasteiger partial charge in [0.25, 0.3) is 11.9 Å². The molecule has 158 valence electrons. The van der Waals surface area contributed by atoms with E-state index >= 15 is 0 Å². The molecule has 1 aliphatic heterocycles. The van der Waals surface area contributed by atoms with E-state index in [1.165, 1.54) is 6.26 Å². The minimum Gasteiger partial charge on any atom is -0.431 e. The molecule has 10 nitrogen and oxygen atoms in total. The maximum atomic E-state index is 12.6. The van der Waals surface area contributed by atoms with E-state index in [0.29, 0.717) is 17.9 Å². The molecule has 4 aromatic rings. The van der Waals surface area contributed by atoms with Gasteiger partial charge in [0.1, 0.15) is 12.1 Å². The number of aromatic nitrogens is 5. The maximum Gasteiger partial charge on any atom is 0.298 e. The lowest BCUT2D eigenvalue weighted by Crippen LogP contribution is -2.57. The number of hydrogen-bond acceptors (Lipinski definition) is 8. The van der Waals surface area contributed by atoms with E-state index in [-0.39, 0.29) is 11.6 Å². The second-order valence-electron chi connectivity index (χ2n) is 7.85. The number of anilines is 2. The Labute approximate surface area is 178 Å². The van der Waals surface area contributed by atoms with Crippen LogP contribution in [0.15, 0.2) is 47.5 Å². The van der Waals surface area contributed by atoms with Gasteiger partial charge < -0.3 is 19.5 Å². The molecular weight excluding hydrogens is 396 g/mol. The third-order valence-electron chi connectivity index (χ3n) is 5.40. The number of carbonyl (C=O) groups excluding carboxylic acids is 1. The van der Waals surface area contributed by atoms with Crippen LogP contribution >= 0.6 is 0 Å². The average molecular weight is 418 g/mol. The quantitative estimate of drug-likeness (QED) is 0.525. The molecule has 1 fully saturated rings. The third kappa shape index (κ3) is 3.73. The Balaban J connectivity index is 1.31. The van der Waals surface area contributed by atoms with Gasteiger partial charge in [-0.25, -0.2) is 9.97 Å². The van der Waals surface area contributed by atoms with Crippen LogP contribution in [0.1, 0.15) is 10.5 Å². The number of amides is 1. The Hall–Kier alpha value is -3.79. The molecule has 4 aromatic heterocycles. The van der Waals surface area contributed by atoms with Crippen molar-refractivity contribution in [2.24, 2.45) is 7.05 Å². The highest BCUT2D eigenvalue weighted by molar-refractivity contribution is 6.03. The Morgan fingerprint density at radius 3 is 2.81 bits per heavy atom. The van der Waals surface area contributed by atoms with Crippen molar-refractivity contribution < 1.29 is 9.21 Å². The summed E-state index contributed by atoms with van der Waals surface area (Å²) in [5, 5.41) is 7.84. The molecule has 1 aliphatic rings. The zero-order valence-corrected chi connectivity index (χ0v) is 17.5. The zero-order chi connectivity index (χ0) is 21.5. The fourth-order valence-electron chi connectivity index (χ4n) is 3.43. The first-order valence-corrected chi connectivity index (χ1v) is 9.90. The van der Waals surface area contributed by atoms with E-state index in [0.717, 1.165) is 35.2 Å². The van der Waals surface area contributed by atoms with Crippen LogP contribution in [0.25, 0.3) is 22.2 Å². The number of hydrogen-bond donors (Lipinski definition) is 1. The molecule has 0 aromatic carbocycles. The second kappa shape index (κ2) is 7.47. The molecule has 5 rings (SSSR count). The molecule has 5 heterocycles. The SMILES string of the molecule is CN(C)C1CN(c2nc(C(=O)Nc3cc4nc(-c5cnn(C)c5)ccc4cn3)co2)C1. The van der Waals surface area contributed by atoms with Gasteiger partial charge in [-0.05, 0) is 26.2 Å². The van der Waals surface area contributed by atoms with Gasteiger partial charge >= 0.3 is 0 Å². The minimum atomic E-state index is -0.380. The average Bonchev–Trinajstić information content (AvgIpc) is 3.35. The summed E-state index contributed by atoms with van der Waals surface area (Å²) in [4.78, 5) is 30.1. The summed E-state index contributed by atoms with van der Waals surface area (Å²) in [5.74, 6) is 0.0180. The normalized spacial score (nSPS) is 14.3. The fourth-order valence-corrected chi connectivity index (χ4v) is 3.43. The van der Waals surface area contributed by atoms with Gasteiger partial charge in [-0.2, -0.15) is 10.1 Å². The molecule has 0 unspecified atom stereocenters. The van der Waals surface area contributed by atoms with Crippen molar-refractivity contribution in [2.75, 3.05) is 37.4 Å². The summed E-state index contributed by atoms with van der Waals surface area (Å²) < 4.78 is 7.22. The topological polar surface area (TPSA) is 105 Å². The van der Waals surface area contributed by atoms with Crippen LogP contribution in [0.5, 0.6) is 0 Å². The van der Waals surface area contributed by atoms with Gasteiger partial charge in [-0.15, -0.1) is 0 Å². The smallest absolute Gasteiger partial charge is 0.298 e. The molecule has 1 amide bonds. The molecule has 31 heavy (non-hydrogen) atoms. The number of likely N-dealkylation sites (N-methyl/N-ethyl adjacent to an activating group) is 1. The number of nitrogens with zero attached hydrogens (tertiary/aromatic N) is 7. The first-order chi connectivity index (χ1) is 15.0. The lowest BCUT2D eigenvalue weighted by atomic mass is 10.1. The van der Waals surface area contributed by atoms with Gasteiger partial charge in [0.15, 0.2) is 5.69 Å². The molecule has 10 heteroatoms. The molecule has 1 saturated heterocycles. The molecule has 0 bridgehead atoms. The van der Waals surface area contributed by atoms with Crippen molar-refractivity contribution >= 4 is 28.6 Å². The highest BCUT2D eigenvalue weighted by Crippen LogP contribution is 2.24. The van der Waals surface area contributed by atoms with Crippen molar-refractivity contribution in [3.63, 3.8) is 0 Å². The lowest BCUT2D eigenvalue weighted by molar-refractivity contribution is 0.102. The highest BCUT2D eigenvalue weighted by atomic mass is 16.4. The lowest BCUT2D eigenvalue weighted by Gasteiger charge is -2.41. The Morgan fingerprint density at radius 2 is 2.06 bits per heavy atom. The largest absolute Gasteiger partial charge is 0.431 e. The molecule has 0 atom stereocenters. The van der Waals surface area contributed by atoms with E-state index in [1.807, 2.05) is 44.4 Å². The Kier molecular flexibility index (Phi) is 4.63. The summed E-state index contributed by atoms with van der Waals surface area (Å²) >= 11 is 0. The van der Waals surface area contributed by atoms with E-state index < -0.39 is 0 Å². The highest BCUT2D eigenvalue weighted by Gasteiger charge is 2.31. The zero-order valence-electron chi connectivity index (χ0n) is 17.5. The van der Waals surface area contributed by atoms with Crippen LogP contribution in [0.2, 0.25) is 0 Å². The molecule has 1 N–H and O–H groups in total. The van der Waals surface area contributed by atoms with E-state index in [2.05, 4.69) is 30.3 Å². The van der Waals surface area contributed by atoms with Crippen molar-refractivity contribution in [3.8, 4) is 11.3 Å². The minimum absolute atomic E-state index is 0.210.